The Balaban J connectivity index is 2.86. The first-order chi connectivity index (χ1) is 6.74. The Morgan fingerprint density at radius 1 is 1.07 bits per heavy atom. The van der Waals surface area contributed by atoms with Gasteiger partial charge in [0, 0.05) is 0 Å². The topological polar surface area (TPSA) is 0 Å². The SMILES string of the molecule is CCc1cccc2c(C)c(F)ccc12. The van der Waals surface area contributed by atoms with E-state index in [2.05, 4.69) is 13.0 Å². The third-order valence-corrected chi connectivity index (χ3v) is 2.74. The summed E-state index contributed by atoms with van der Waals surface area (Å²) in [6.07, 6.45) is 0.989. The minimum Gasteiger partial charge on any atom is -0.207 e. The predicted octanol–water partition coefficient (Wildman–Crippen LogP) is 3.85. The summed E-state index contributed by atoms with van der Waals surface area (Å²) in [5.74, 6) is -0.120. The van der Waals surface area contributed by atoms with Crippen LogP contribution in [-0.4, -0.2) is 0 Å². The summed E-state index contributed by atoms with van der Waals surface area (Å²) in [4.78, 5) is 0. The van der Waals surface area contributed by atoms with Gasteiger partial charge in [-0.25, -0.2) is 4.39 Å². The summed E-state index contributed by atoms with van der Waals surface area (Å²) < 4.78 is 13.3. The predicted molar refractivity (Wildman–Crippen MR) is 58.0 cm³/mol. The maximum Gasteiger partial charge on any atom is 0.126 e. The molecule has 72 valence electrons. The third kappa shape index (κ3) is 1.29. The maximum atomic E-state index is 13.3. The summed E-state index contributed by atoms with van der Waals surface area (Å²) in [6.45, 7) is 3.95. The fraction of sp³-hybridized carbons (Fsp3) is 0.231. The average Bonchev–Trinajstić information content (AvgIpc) is 2.23. The average molecular weight is 188 g/mol. The van der Waals surface area contributed by atoms with Gasteiger partial charge in [-0.05, 0) is 41.3 Å². The molecule has 0 bridgehead atoms. The Bertz CT molecular complexity index is 472. The normalized spacial score (nSPS) is 10.8. The molecule has 2 aromatic carbocycles. The Labute approximate surface area is 83.4 Å². The van der Waals surface area contributed by atoms with Crippen molar-refractivity contribution in [1.29, 1.82) is 0 Å². The van der Waals surface area contributed by atoms with Gasteiger partial charge in [0.05, 0.1) is 0 Å². The van der Waals surface area contributed by atoms with Gasteiger partial charge in [0.1, 0.15) is 5.82 Å². The molecule has 2 rings (SSSR count). The van der Waals surface area contributed by atoms with Crippen molar-refractivity contribution in [2.45, 2.75) is 20.3 Å². The van der Waals surface area contributed by atoms with Gasteiger partial charge in [-0.1, -0.05) is 31.2 Å². The Morgan fingerprint density at radius 2 is 1.86 bits per heavy atom. The highest BCUT2D eigenvalue weighted by atomic mass is 19.1. The van der Waals surface area contributed by atoms with Crippen molar-refractivity contribution in [3.05, 3.63) is 47.3 Å². The Morgan fingerprint density at radius 3 is 2.57 bits per heavy atom. The number of benzene rings is 2. The molecular formula is C13H13F. The van der Waals surface area contributed by atoms with E-state index in [1.54, 1.807) is 6.07 Å². The molecule has 1 heteroatoms. The molecule has 0 saturated heterocycles. The van der Waals surface area contributed by atoms with Gasteiger partial charge in [0.2, 0.25) is 0 Å². The van der Waals surface area contributed by atoms with Crippen LogP contribution in [0.2, 0.25) is 0 Å². The van der Waals surface area contributed by atoms with Crippen molar-refractivity contribution in [2.75, 3.05) is 0 Å². The first-order valence-corrected chi connectivity index (χ1v) is 4.90. The molecule has 0 atom stereocenters. The molecule has 0 saturated carbocycles. The fourth-order valence-corrected chi connectivity index (χ4v) is 1.86. The summed E-state index contributed by atoms with van der Waals surface area (Å²) in [6, 6.07) is 9.49. The molecule has 0 aliphatic heterocycles. The van der Waals surface area contributed by atoms with Gasteiger partial charge >= 0.3 is 0 Å². The zero-order valence-corrected chi connectivity index (χ0v) is 8.47. The van der Waals surface area contributed by atoms with Crippen LogP contribution in [0, 0.1) is 12.7 Å². The second-order valence-corrected chi connectivity index (χ2v) is 3.54. The van der Waals surface area contributed by atoms with E-state index in [1.807, 2.05) is 25.1 Å². The minimum atomic E-state index is -0.120. The number of hydrogen-bond acceptors (Lipinski definition) is 0. The van der Waals surface area contributed by atoms with Crippen LogP contribution in [0.4, 0.5) is 4.39 Å². The number of rotatable bonds is 1. The highest BCUT2D eigenvalue weighted by Gasteiger charge is 2.04. The van der Waals surface area contributed by atoms with Crippen molar-refractivity contribution in [2.24, 2.45) is 0 Å². The molecule has 0 nitrogen and oxygen atoms in total. The van der Waals surface area contributed by atoms with Gasteiger partial charge in [-0.3, -0.25) is 0 Å². The smallest absolute Gasteiger partial charge is 0.126 e. The van der Waals surface area contributed by atoms with Gasteiger partial charge < -0.3 is 0 Å². The van der Waals surface area contributed by atoms with Gasteiger partial charge in [-0.2, -0.15) is 0 Å². The molecule has 0 spiro atoms. The second kappa shape index (κ2) is 3.41. The first-order valence-electron chi connectivity index (χ1n) is 4.90. The molecule has 0 unspecified atom stereocenters. The van der Waals surface area contributed by atoms with Crippen LogP contribution >= 0.6 is 0 Å². The first kappa shape index (κ1) is 9.20. The van der Waals surface area contributed by atoms with Gasteiger partial charge in [0.15, 0.2) is 0 Å². The largest absolute Gasteiger partial charge is 0.207 e. The molecule has 0 N–H and O–H groups in total. The van der Waals surface area contributed by atoms with E-state index >= 15 is 0 Å². The third-order valence-electron chi connectivity index (χ3n) is 2.74. The molecule has 2 aromatic rings. The van der Waals surface area contributed by atoms with Crippen molar-refractivity contribution >= 4 is 10.8 Å². The van der Waals surface area contributed by atoms with E-state index in [9.17, 15) is 4.39 Å². The van der Waals surface area contributed by atoms with Crippen LogP contribution in [0.15, 0.2) is 30.3 Å². The summed E-state index contributed by atoms with van der Waals surface area (Å²) in [5.41, 5.74) is 2.03. The lowest BCUT2D eigenvalue weighted by Crippen LogP contribution is -1.88. The quantitative estimate of drug-likeness (QED) is 0.637. The van der Waals surface area contributed by atoms with Crippen LogP contribution < -0.4 is 0 Å². The maximum absolute atomic E-state index is 13.3. The lowest BCUT2D eigenvalue weighted by atomic mass is 9.99. The summed E-state index contributed by atoms with van der Waals surface area (Å²) in [5, 5.41) is 2.21. The van der Waals surface area contributed by atoms with E-state index in [1.165, 1.54) is 10.9 Å². The van der Waals surface area contributed by atoms with E-state index in [0.717, 1.165) is 17.4 Å². The highest BCUT2D eigenvalue weighted by molar-refractivity contribution is 5.88. The van der Waals surface area contributed by atoms with E-state index in [-0.39, 0.29) is 5.82 Å². The summed E-state index contributed by atoms with van der Waals surface area (Å²) >= 11 is 0. The Hall–Kier alpha value is -1.37. The standard InChI is InChI=1S/C13H13F/c1-3-10-5-4-6-11-9(2)13(14)8-7-12(10)11/h4-8H,3H2,1-2H3. The number of hydrogen-bond donors (Lipinski definition) is 0. The molecule has 0 aliphatic carbocycles. The molecule has 0 aromatic heterocycles. The molecule has 0 heterocycles. The zero-order valence-electron chi connectivity index (χ0n) is 8.47. The number of aryl methyl sites for hydroxylation is 2. The molecule has 14 heavy (non-hydrogen) atoms. The lowest BCUT2D eigenvalue weighted by Gasteiger charge is -2.07. The highest BCUT2D eigenvalue weighted by Crippen LogP contribution is 2.24. The van der Waals surface area contributed by atoms with E-state index in [0.29, 0.717) is 0 Å². The number of halogens is 1. The van der Waals surface area contributed by atoms with Crippen LogP contribution in [0.1, 0.15) is 18.1 Å². The van der Waals surface area contributed by atoms with E-state index in [4.69, 9.17) is 0 Å². The van der Waals surface area contributed by atoms with Gasteiger partial charge in [0.25, 0.3) is 0 Å². The fourth-order valence-electron chi connectivity index (χ4n) is 1.86. The van der Waals surface area contributed by atoms with Crippen molar-refractivity contribution in [1.82, 2.24) is 0 Å². The van der Waals surface area contributed by atoms with Crippen LogP contribution in [0.3, 0.4) is 0 Å². The van der Waals surface area contributed by atoms with Crippen molar-refractivity contribution in [3.8, 4) is 0 Å². The Kier molecular flexibility index (Phi) is 2.24. The second-order valence-electron chi connectivity index (χ2n) is 3.54. The number of fused-ring (bicyclic) bond motifs is 1. The molecule has 0 aliphatic rings. The van der Waals surface area contributed by atoms with Crippen LogP contribution in [-0.2, 0) is 6.42 Å². The van der Waals surface area contributed by atoms with E-state index < -0.39 is 0 Å². The molecule has 0 fully saturated rings. The molecular weight excluding hydrogens is 175 g/mol. The van der Waals surface area contributed by atoms with Crippen molar-refractivity contribution < 1.29 is 4.39 Å². The van der Waals surface area contributed by atoms with Gasteiger partial charge in [-0.15, -0.1) is 0 Å². The van der Waals surface area contributed by atoms with Crippen molar-refractivity contribution in [3.63, 3.8) is 0 Å². The summed E-state index contributed by atoms with van der Waals surface area (Å²) in [7, 11) is 0. The minimum absolute atomic E-state index is 0.120. The molecule has 0 amide bonds. The van der Waals surface area contributed by atoms with Crippen LogP contribution in [0.5, 0.6) is 0 Å². The lowest BCUT2D eigenvalue weighted by molar-refractivity contribution is 0.621. The van der Waals surface area contributed by atoms with Crippen LogP contribution in [0.25, 0.3) is 10.8 Å². The monoisotopic (exact) mass is 188 g/mol. The molecule has 0 radical (unpaired) electrons. The zero-order chi connectivity index (χ0) is 10.1.